The highest BCUT2D eigenvalue weighted by molar-refractivity contribution is 5.01. The molecule has 3 heteroatoms. The van der Waals surface area contributed by atoms with E-state index in [9.17, 15) is 0 Å². The lowest BCUT2D eigenvalue weighted by atomic mass is 9.86. The molecule has 0 amide bonds. The van der Waals surface area contributed by atoms with E-state index in [-0.39, 0.29) is 0 Å². The molecule has 1 aliphatic carbocycles. The largest absolute Gasteiger partial charge is 0.312 e. The van der Waals surface area contributed by atoms with Crippen molar-refractivity contribution >= 4 is 0 Å². The van der Waals surface area contributed by atoms with E-state index in [1.165, 1.54) is 32.4 Å². The zero-order chi connectivity index (χ0) is 16.0. The molecule has 2 atom stereocenters. The van der Waals surface area contributed by atoms with Gasteiger partial charge in [0.25, 0.3) is 0 Å². The van der Waals surface area contributed by atoms with Gasteiger partial charge in [-0.3, -0.25) is 4.90 Å². The minimum Gasteiger partial charge on any atom is -0.312 e. The second kappa shape index (κ2) is 8.50. The number of hydrogen-bond donors (Lipinski definition) is 1. The summed E-state index contributed by atoms with van der Waals surface area (Å²) in [7, 11) is 4.36. The van der Waals surface area contributed by atoms with Crippen LogP contribution in [0.5, 0.6) is 0 Å². The van der Waals surface area contributed by atoms with Gasteiger partial charge >= 0.3 is 0 Å². The highest BCUT2D eigenvalue weighted by Gasteiger charge is 2.43. The maximum atomic E-state index is 3.86. The molecule has 1 saturated carbocycles. The van der Waals surface area contributed by atoms with Gasteiger partial charge in [0.2, 0.25) is 0 Å². The lowest BCUT2D eigenvalue weighted by molar-refractivity contribution is 0.121. The average Bonchev–Trinajstić information content (AvgIpc) is 2.66. The van der Waals surface area contributed by atoms with Crippen molar-refractivity contribution in [1.29, 1.82) is 0 Å². The Hall–Kier alpha value is -0.120. The van der Waals surface area contributed by atoms with Gasteiger partial charge in [-0.05, 0) is 51.2 Å². The van der Waals surface area contributed by atoms with Crippen LogP contribution in [0.1, 0.15) is 53.9 Å². The van der Waals surface area contributed by atoms with Crippen molar-refractivity contribution in [3.63, 3.8) is 0 Å². The van der Waals surface area contributed by atoms with Crippen LogP contribution in [0.3, 0.4) is 0 Å². The minimum absolute atomic E-state index is 0.424. The highest BCUT2D eigenvalue weighted by Crippen LogP contribution is 2.40. The molecule has 21 heavy (non-hydrogen) atoms. The van der Waals surface area contributed by atoms with Crippen molar-refractivity contribution < 1.29 is 0 Å². The zero-order valence-electron chi connectivity index (χ0n) is 15.6. The van der Waals surface area contributed by atoms with Gasteiger partial charge in [0.05, 0.1) is 0 Å². The van der Waals surface area contributed by atoms with E-state index in [0.717, 1.165) is 19.0 Å². The topological polar surface area (TPSA) is 18.5 Å². The van der Waals surface area contributed by atoms with Crippen LogP contribution in [-0.4, -0.2) is 62.2 Å². The molecule has 0 aromatic rings. The molecule has 3 nitrogen and oxygen atoms in total. The fourth-order valence-corrected chi connectivity index (χ4v) is 3.66. The Kier molecular flexibility index (Phi) is 7.66. The number of nitrogens with one attached hydrogen (secondary N) is 1. The van der Waals surface area contributed by atoms with E-state index in [2.05, 4.69) is 63.8 Å². The van der Waals surface area contributed by atoms with Gasteiger partial charge in [-0.1, -0.05) is 34.6 Å². The molecule has 1 fully saturated rings. The summed E-state index contributed by atoms with van der Waals surface area (Å²) in [6.07, 6.45) is 3.91. The van der Waals surface area contributed by atoms with Gasteiger partial charge in [0, 0.05) is 31.7 Å². The van der Waals surface area contributed by atoms with Crippen LogP contribution in [0, 0.1) is 11.3 Å². The summed E-state index contributed by atoms with van der Waals surface area (Å²) < 4.78 is 0. The maximum Gasteiger partial charge on any atom is 0.0274 e. The van der Waals surface area contributed by atoms with E-state index in [4.69, 9.17) is 0 Å². The van der Waals surface area contributed by atoms with Crippen LogP contribution in [0.2, 0.25) is 0 Å². The summed E-state index contributed by atoms with van der Waals surface area (Å²) in [6, 6.07) is 1.34. The van der Waals surface area contributed by atoms with Crippen molar-refractivity contribution in [2.75, 3.05) is 40.3 Å². The molecular formula is C18H39N3. The molecule has 0 heterocycles. The third-order valence-electron chi connectivity index (χ3n) is 4.83. The van der Waals surface area contributed by atoms with Gasteiger partial charge in [-0.2, -0.15) is 0 Å². The Morgan fingerprint density at radius 3 is 2.38 bits per heavy atom. The second-order valence-corrected chi connectivity index (χ2v) is 8.22. The predicted molar refractivity (Wildman–Crippen MR) is 93.8 cm³/mol. The molecule has 0 aliphatic heterocycles. The summed E-state index contributed by atoms with van der Waals surface area (Å²) >= 11 is 0. The highest BCUT2D eigenvalue weighted by atomic mass is 15.2. The quantitative estimate of drug-likeness (QED) is 0.705. The van der Waals surface area contributed by atoms with Crippen LogP contribution in [0.25, 0.3) is 0 Å². The van der Waals surface area contributed by atoms with Crippen molar-refractivity contribution in [2.45, 2.75) is 66.0 Å². The molecule has 0 aromatic heterocycles. The summed E-state index contributed by atoms with van der Waals surface area (Å²) in [5.74, 6) is 0.739. The van der Waals surface area contributed by atoms with Crippen LogP contribution >= 0.6 is 0 Å². The van der Waals surface area contributed by atoms with Crippen LogP contribution < -0.4 is 5.32 Å². The summed E-state index contributed by atoms with van der Waals surface area (Å²) in [5, 5.41) is 3.86. The van der Waals surface area contributed by atoms with Gasteiger partial charge < -0.3 is 10.2 Å². The normalized spacial score (nSPS) is 25.4. The fraction of sp³-hybridized carbons (Fsp3) is 1.00. The zero-order valence-corrected chi connectivity index (χ0v) is 15.6. The first-order valence-corrected chi connectivity index (χ1v) is 8.90. The van der Waals surface area contributed by atoms with Crippen molar-refractivity contribution in [3.05, 3.63) is 0 Å². The molecule has 0 radical (unpaired) electrons. The Labute approximate surface area is 133 Å². The first kappa shape index (κ1) is 18.9. The van der Waals surface area contributed by atoms with E-state index in [1.807, 2.05) is 0 Å². The molecule has 2 unspecified atom stereocenters. The molecular weight excluding hydrogens is 258 g/mol. The van der Waals surface area contributed by atoms with Crippen molar-refractivity contribution in [1.82, 2.24) is 15.1 Å². The molecule has 0 aromatic carbocycles. The lowest BCUT2D eigenvalue weighted by Gasteiger charge is -2.39. The van der Waals surface area contributed by atoms with Gasteiger partial charge in [-0.15, -0.1) is 0 Å². The second-order valence-electron chi connectivity index (χ2n) is 8.22. The fourth-order valence-electron chi connectivity index (χ4n) is 3.66. The Morgan fingerprint density at radius 1 is 1.19 bits per heavy atom. The average molecular weight is 298 g/mol. The van der Waals surface area contributed by atoms with E-state index in [1.54, 1.807) is 0 Å². The standard InChI is InChI=1S/C18H39N3/c1-8-11-19-17-16(9-10-18(17,4)5)21(14-15(2)3)13-12-20(6)7/h15-17,19H,8-14H2,1-7H3. The maximum absolute atomic E-state index is 3.86. The third-order valence-corrected chi connectivity index (χ3v) is 4.83. The van der Waals surface area contributed by atoms with Gasteiger partial charge in [0.15, 0.2) is 0 Å². The van der Waals surface area contributed by atoms with Gasteiger partial charge in [0.1, 0.15) is 0 Å². The Bertz CT molecular complexity index is 286. The number of rotatable bonds is 9. The molecule has 0 spiro atoms. The van der Waals surface area contributed by atoms with Crippen molar-refractivity contribution in [2.24, 2.45) is 11.3 Å². The van der Waals surface area contributed by atoms with Crippen LogP contribution in [0.4, 0.5) is 0 Å². The third kappa shape index (κ3) is 5.88. The van der Waals surface area contributed by atoms with Crippen LogP contribution in [0.15, 0.2) is 0 Å². The minimum atomic E-state index is 0.424. The number of hydrogen-bond acceptors (Lipinski definition) is 3. The first-order valence-electron chi connectivity index (χ1n) is 8.90. The molecule has 1 aliphatic rings. The van der Waals surface area contributed by atoms with E-state index >= 15 is 0 Å². The molecule has 1 N–H and O–H groups in total. The summed E-state index contributed by atoms with van der Waals surface area (Å²) in [4.78, 5) is 5.06. The van der Waals surface area contributed by atoms with Crippen molar-refractivity contribution in [3.8, 4) is 0 Å². The first-order chi connectivity index (χ1) is 9.77. The van der Waals surface area contributed by atoms with E-state index < -0.39 is 0 Å². The SMILES string of the molecule is CCCNC1C(N(CCN(C)C)CC(C)C)CCC1(C)C. The molecule has 126 valence electrons. The summed E-state index contributed by atoms with van der Waals surface area (Å²) in [5.41, 5.74) is 0.424. The predicted octanol–water partition coefficient (Wildman–Crippen LogP) is 3.06. The Morgan fingerprint density at radius 2 is 1.86 bits per heavy atom. The van der Waals surface area contributed by atoms with E-state index in [0.29, 0.717) is 17.5 Å². The van der Waals surface area contributed by atoms with Crippen LogP contribution in [-0.2, 0) is 0 Å². The molecule has 0 bridgehead atoms. The molecule has 0 saturated heterocycles. The molecule has 1 rings (SSSR count). The Balaban J connectivity index is 2.77. The summed E-state index contributed by atoms with van der Waals surface area (Å²) in [6.45, 7) is 16.6. The lowest BCUT2D eigenvalue weighted by Crippen LogP contribution is -2.53. The van der Waals surface area contributed by atoms with Gasteiger partial charge in [-0.25, -0.2) is 0 Å². The number of nitrogens with zero attached hydrogens (tertiary/aromatic N) is 2. The smallest absolute Gasteiger partial charge is 0.0274 e. The number of likely N-dealkylation sites (N-methyl/N-ethyl adjacent to an activating group) is 1. The monoisotopic (exact) mass is 297 g/mol.